The SMILES string of the molecule is O=C1c2ccccc2C(=O)c2c(OCCOCCOCCOCCOCCO)cccc21. The second-order valence-electron chi connectivity index (χ2n) is 6.90. The average molecular weight is 444 g/mol. The van der Waals surface area contributed by atoms with Crippen molar-refractivity contribution < 1.29 is 38.4 Å². The molecule has 2 aromatic carbocycles. The molecule has 0 aliphatic heterocycles. The number of aliphatic hydroxyl groups excluding tert-OH is 1. The normalized spacial score (nSPS) is 12.5. The van der Waals surface area contributed by atoms with E-state index in [1.807, 2.05) is 0 Å². The molecule has 0 aromatic heterocycles. The topological polar surface area (TPSA) is 101 Å². The third-order valence-electron chi connectivity index (χ3n) is 4.75. The lowest BCUT2D eigenvalue weighted by molar-refractivity contribution is -0.00781. The molecule has 1 aliphatic rings. The van der Waals surface area contributed by atoms with E-state index in [0.717, 1.165) is 0 Å². The van der Waals surface area contributed by atoms with E-state index < -0.39 is 0 Å². The van der Waals surface area contributed by atoms with Gasteiger partial charge in [-0.25, -0.2) is 0 Å². The van der Waals surface area contributed by atoms with Gasteiger partial charge in [-0.1, -0.05) is 36.4 Å². The minimum Gasteiger partial charge on any atom is -0.490 e. The van der Waals surface area contributed by atoms with Crippen molar-refractivity contribution in [1.82, 2.24) is 0 Å². The van der Waals surface area contributed by atoms with Crippen molar-refractivity contribution in [2.75, 3.05) is 66.1 Å². The van der Waals surface area contributed by atoms with Crippen molar-refractivity contribution in [2.24, 2.45) is 0 Å². The molecule has 1 aliphatic carbocycles. The molecule has 0 fully saturated rings. The van der Waals surface area contributed by atoms with Crippen molar-refractivity contribution in [3.8, 4) is 5.75 Å². The Labute approximate surface area is 187 Å². The summed E-state index contributed by atoms with van der Waals surface area (Å²) in [5, 5.41) is 8.57. The van der Waals surface area contributed by atoms with Crippen LogP contribution in [0.15, 0.2) is 42.5 Å². The number of carbonyl (C=O) groups excluding carboxylic acids is 2. The number of benzene rings is 2. The molecule has 0 saturated carbocycles. The first-order valence-electron chi connectivity index (χ1n) is 10.6. The maximum absolute atomic E-state index is 12.9. The van der Waals surface area contributed by atoms with Gasteiger partial charge in [-0.3, -0.25) is 9.59 Å². The lowest BCUT2D eigenvalue weighted by atomic mass is 9.83. The van der Waals surface area contributed by atoms with Gasteiger partial charge in [0, 0.05) is 16.7 Å². The number of ketones is 2. The van der Waals surface area contributed by atoms with Crippen LogP contribution in [0.2, 0.25) is 0 Å². The van der Waals surface area contributed by atoms with E-state index in [4.69, 9.17) is 28.8 Å². The highest BCUT2D eigenvalue weighted by Crippen LogP contribution is 2.33. The van der Waals surface area contributed by atoms with Crippen LogP contribution in [-0.2, 0) is 18.9 Å². The van der Waals surface area contributed by atoms with Gasteiger partial charge in [0.25, 0.3) is 0 Å². The Bertz CT molecular complexity index is 895. The predicted molar refractivity (Wildman–Crippen MR) is 116 cm³/mol. The van der Waals surface area contributed by atoms with E-state index in [-0.39, 0.29) is 24.8 Å². The van der Waals surface area contributed by atoms with Crippen LogP contribution >= 0.6 is 0 Å². The maximum atomic E-state index is 12.9. The van der Waals surface area contributed by atoms with Crippen LogP contribution in [0.5, 0.6) is 5.75 Å². The molecule has 0 spiro atoms. The average Bonchev–Trinajstić information content (AvgIpc) is 2.82. The van der Waals surface area contributed by atoms with Gasteiger partial charge in [0.1, 0.15) is 12.4 Å². The molecule has 0 saturated heterocycles. The zero-order valence-corrected chi connectivity index (χ0v) is 17.9. The van der Waals surface area contributed by atoms with Crippen molar-refractivity contribution in [3.05, 3.63) is 64.7 Å². The number of fused-ring (bicyclic) bond motifs is 2. The zero-order chi connectivity index (χ0) is 22.6. The highest BCUT2D eigenvalue weighted by Gasteiger charge is 2.31. The van der Waals surface area contributed by atoms with Crippen LogP contribution in [0.3, 0.4) is 0 Å². The summed E-state index contributed by atoms with van der Waals surface area (Å²) >= 11 is 0. The Balaban J connectivity index is 1.33. The third-order valence-corrected chi connectivity index (χ3v) is 4.75. The largest absolute Gasteiger partial charge is 0.490 e. The molecule has 0 radical (unpaired) electrons. The summed E-state index contributed by atoms with van der Waals surface area (Å²) in [5.41, 5.74) is 1.49. The smallest absolute Gasteiger partial charge is 0.198 e. The van der Waals surface area contributed by atoms with Gasteiger partial charge in [0.2, 0.25) is 0 Å². The number of aliphatic hydroxyl groups is 1. The van der Waals surface area contributed by atoms with E-state index in [9.17, 15) is 9.59 Å². The number of hydrogen-bond donors (Lipinski definition) is 1. The van der Waals surface area contributed by atoms with E-state index in [1.165, 1.54) is 0 Å². The first kappa shape index (κ1) is 24.0. The van der Waals surface area contributed by atoms with E-state index >= 15 is 0 Å². The molecular formula is C24H28O8. The molecule has 172 valence electrons. The van der Waals surface area contributed by atoms with E-state index in [0.29, 0.717) is 80.9 Å². The third kappa shape index (κ3) is 6.44. The van der Waals surface area contributed by atoms with Crippen LogP contribution in [0.1, 0.15) is 31.8 Å². The molecule has 0 unspecified atom stereocenters. The second kappa shape index (κ2) is 13.0. The van der Waals surface area contributed by atoms with Gasteiger partial charge < -0.3 is 28.8 Å². The molecule has 8 nitrogen and oxygen atoms in total. The summed E-state index contributed by atoms with van der Waals surface area (Å²) in [6.45, 7) is 3.54. The first-order valence-corrected chi connectivity index (χ1v) is 10.6. The summed E-state index contributed by atoms with van der Waals surface area (Å²) in [4.78, 5) is 25.7. The quantitative estimate of drug-likeness (QED) is 0.355. The summed E-state index contributed by atoms with van der Waals surface area (Å²) < 4.78 is 27.0. The summed E-state index contributed by atoms with van der Waals surface area (Å²) in [6.07, 6.45) is 0. The van der Waals surface area contributed by atoms with Crippen molar-refractivity contribution >= 4 is 11.6 Å². The van der Waals surface area contributed by atoms with Crippen LogP contribution < -0.4 is 4.74 Å². The summed E-state index contributed by atoms with van der Waals surface area (Å²) in [5.74, 6) is 0.00771. The monoisotopic (exact) mass is 444 g/mol. The fourth-order valence-electron chi connectivity index (χ4n) is 3.27. The molecule has 3 rings (SSSR count). The van der Waals surface area contributed by atoms with E-state index in [1.54, 1.807) is 42.5 Å². The van der Waals surface area contributed by atoms with Crippen molar-refractivity contribution in [2.45, 2.75) is 0 Å². The minimum absolute atomic E-state index is 0.00796. The summed E-state index contributed by atoms with van der Waals surface area (Å²) in [6, 6.07) is 11.9. The van der Waals surface area contributed by atoms with Crippen LogP contribution in [-0.4, -0.2) is 82.7 Å². The van der Waals surface area contributed by atoms with Gasteiger partial charge in [0.15, 0.2) is 11.6 Å². The molecule has 8 heteroatoms. The molecule has 0 amide bonds. The molecule has 0 heterocycles. The highest BCUT2D eigenvalue weighted by atomic mass is 16.6. The van der Waals surface area contributed by atoms with Gasteiger partial charge >= 0.3 is 0 Å². The van der Waals surface area contributed by atoms with Gasteiger partial charge in [-0.15, -0.1) is 0 Å². The predicted octanol–water partition coefficient (Wildman–Crippen LogP) is 1.90. The Morgan fingerprint density at radius 2 is 1.06 bits per heavy atom. The number of hydrogen-bond acceptors (Lipinski definition) is 8. The number of rotatable bonds is 15. The van der Waals surface area contributed by atoms with E-state index in [2.05, 4.69) is 0 Å². The highest BCUT2D eigenvalue weighted by molar-refractivity contribution is 6.29. The Kier molecular flexibility index (Phi) is 9.80. The zero-order valence-electron chi connectivity index (χ0n) is 17.9. The Morgan fingerprint density at radius 1 is 0.562 bits per heavy atom. The number of carbonyl (C=O) groups is 2. The lowest BCUT2D eigenvalue weighted by Crippen LogP contribution is -2.22. The van der Waals surface area contributed by atoms with Gasteiger partial charge in [-0.05, 0) is 6.07 Å². The fourth-order valence-corrected chi connectivity index (χ4v) is 3.27. The summed E-state index contributed by atoms with van der Waals surface area (Å²) in [7, 11) is 0. The van der Waals surface area contributed by atoms with Crippen LogP contribution in [0, 0.1) is 0 Å². The first-order chi connectivity index (χ1) is 15.7. The molecule has 0 bridgehead atoms. The van der Waals surface area contributed by atoms with Crippen LogP contribution in [0.4, 0.5) is 0 Å². The second-order valence-corrected chi connectivity index (χ2v) is 6.90. The van der Waals surface area contributed by atoms with Crippen molar-refractivity contribution in [3.63, 3.8) is 0 Å². The van der Waals surface area contributed by atoms with Crippen molar-refractivity contribution in [1.29, 1.82) is 0 Å². The Hall–Kier alpha value is -2.62. The standard InChI is InChI=1S/C24H28O8/c25-8-9-28-10-11-29-12-13-30-14-15-31-16-17-32-21-7-3-6-20-22(21)24(27)19-5-2-1-4-18(19)23(20)26/h1-7,25H,8-17H2. The van der Waals surface area contributed by atoms with Gasteiger partial charge in [-0.2, -0.15) is 0 Å². The fraction of sp³-hybridized carbons (Fsp3) is 0.417. The Morgan fingerprint density at radius 3 is 1.66 bits per heavy atom. The lowest BCUT2D eigenvalue weighted by Gasteiger charge is -2.20. The molecular weight excluding hydrogens is 416 g/mol. The minimum atomic E-state index is -0.206. The van der Waals surface area contributed by atoms with Gasteiger partial charge in [0.05, 0.1) is 65.0 Å². The maximum Gasteiger partial charge on any atom is 0.198 e. The molecule has 0 atom stereocenters. The van der Waals surface area contributed by atoms with Crippen LogP contribution in [0.25, 0.3) is 0 Å². The molecule has 1 N–H and O–H groups in total. The molecule has 32 heavy (non-hydrogen) atoms. The number of ether oxygens (including phenoxy) is 5. The molecule has 2 aromatic rings.